The summed E-state index contributed by atoms with van der Waals surface area (Å²) >= 11 is 6.10. The number of benzene rings is 3. The Labute approximate surface area is 278 Å². The van der Waals surface area contributed by atoms with Crippen LogP contribution in [0.25, 0.3) is 12.2 Å². The number of hydrogen-bond acceptors (Lipinski definition) is 6. The van der Waals surface area contributed by atoms with E-state index >= 15 is 0 Å². The van der Waals surface area contributed by atoms with Gasteiger partial charge in [-0.3, -0.25) is 4.31 Å². The van der Waals surface area contributed by atoms with Crippen LogP contribution in [0.4, 0.5) is 42.5 Å². The second kappa shape index (κ2) is 13.8. The zero-order chi connectivity index (χ0) is 34.9. The monoisotopic (exact) mass is 717 g/mol. The molecule has 16 heteroatoms. The molecule has 5 rings (SSSR count). The number of amides is 1. The fourth-order valence-electron chi connectivity index (χ4n) is 5.59. The van der Waals surface area contributed by atoms with Gasteiger partial charge in [-0.15, -0.1) is 13.2 Å². The number of unbranched alkanes of at least 4 members (excludes halogenated alkanes) is 1. The molecule has 0 radical (unpaired) electrons. The fraction of sp³-hybridized carbons (Fsp3) is 0.344. The van der Waals surface area contributed by atoms with E-state index in [4.69, 9.17) is 16.3 Å². The summed E-state index contributed by atoms with van der Waals surface area (Å²) in [7, 11) is -4.55. The van der Waals surface area contributed by atoms with Crippen LogP contribution in [0.2, 0.25) is 5.02 Å². The Hall–Kier alpha value is -4.11. The van der Waals surface area contributed by atoms with Gasteiger partial charge in [0, 0.05) is 36.3 Å². The first-order chi connectivity index (χ1) is 22.6. The Morgan fingerprint density at radius 1 is 0.958 bits per heavy atom. The lowest BCUT2D eigenvalue weighted by atomic mass is 10.0. The van der Waals surface area contributed by atoms with E-state index in [0.717, 1.165) is 41.1 Å². The average Bonchev–Trinajstić information content (AvgIpc) is 3.02. The number of piperazine rings is 1. The van der Waals surface area contributed by atoms with Crippen molar-refractivity contribution >= 4 is 51.2 Å². The minimum Gasteiger partial charge on any atom is -0.449 e. The van der Waals surface area contributed by atoms with Gasteiger partial charge < -0.3 is 19.3 Å². The lowest BCUT2D eigenvalue weighted by Gasteiger charge is -2.48. The minimum atomic E-state index is -5.06. The lowest BCUT2D eigenvalue weighted by Crippen LogP contribution is -2.61. The van der Waals surface area contributed by atoms with Crippen molar-refractivity contribution in [3.05, 3.63) is 82.4 Å². The highest BCUT2D eigenvalue weighted by atomic mass is 35.5. The number of alkyl halides is 6. The van der Waals surface area contributed by atoms with E-state index in [1.807, 2.05) is 11.8 Å². The number of nitrogens with zero attached hydrogens (tertiary/aromatic N) is 3. The Balaban J connectivity index is 1.54. The van der Waals surface area contributed by atoms with Crippen LogP contribution >= 0.6 is 11.6 Å². The van der Waals surface area contributed by atoms with Gasteiger partial charge in [0.15, 0.2) is 0 Å². The summed E-state index contributed by atoms with van der Waals surface area (Å²) < 4.78 is 118. The van der Waals surface area contributed by atoms with Crippen LogP contribution in [-0.2, 0) is 20.9 Å². The number of carbonyl (C=O) groups is 1. The van der Waals surface area contributed by atoms with E-state index in [1.165, 1.54) is 35.3 Å². The Morgan fingerprint density at radius 3 is 2.42 bits per heavy atom. The van der Waals surface area contributed by atoms with Gasteiger partial charge in [0.05, 0.1) is 41.0 Å². The molecule has 1 fully saturated rings. The molecule has 2 heterocycles. The first-order valence-corrected chi connectivity index (χ1v) is 16.6. The van der Waals surface area contributed by atoms with E-state index in [9.17, 15) is 39.6 Å². The van der Waals surface area contributed by atoms with Gasteiger partial charge in [0.1, 0.15) is 5.75 Å². The van der Waals surface area contributed by atoms with Gasteiger partial charge >= 0.3 is 18.6 Å². The molecule has 0 saturated carbocycles. The van der Waals surface area contributed by atoms with Crippen LogP contribution in [0.3, 0.4) is 0 Å². The van der Waals surface area contributed by atoms with Crippen molar-refractivity contribution in [2.24, 2.45) is 0 Å². The number of sulfonamides is 1. The van der Waals surface area contributed by atoms with Crippen molar-refractivity contribution in [3.8, 4) is 5.75 Å². The summed E-state index contributed by atoms with van der Waals surface area (Å²) in [5.41, 5.74) is -0.319. The van der Waals surface area contributed by atoms with E-state index in [-0.39, 0.29) is 42.5 Å². The summed E-state index contributed by atoms with van der Waals surface area (Å²) in [4.78, 5) is 15.7. The SMILES string of the molecule is CCCCOC(=O)N1CCN2c3ccc(/C=C/c4c(Cl)cccc4C(F)(F)F)cc3N(S(=O)(=O)c3cccc(OC(F)(F)F)c3)C[C@@H]2C1. The van der Waals surface area contributed by atoms with Crippen molar-refractivity contribution in [1.82, 2.24) is 4.90 Å². The Morgan fingerprint density at radius 2 is 1.71 bits per heavy atom. The highest BCUT2D eigenvalue weighted by Gasteiger charge is 2.41. The second-order valence-corrected chi connectivity index (χ2v) is 13.4. The molecule has 0 aromatic heterocycles. The first kappa shape index (κ1) is 35.2. The van der Waals surface area contributed by atoms with Crippen molar-refractivity contribution in [1.29, 1.82) is 0 Å². The molecule has 0 unspecified atom stereocenters. The fourth-order valence-corrected chi connectivity index (χ4v) is 7.37. The molecule has 8 nitrogen and oxygen atoms in total. The number of fused-ring (bicyclic) bond motifs is 3. The van der Waals surface area contributed by atoms with E-state index < -0.39 is 50.9 Å². The van der Waals surface area contributed by atoms with Crippen molar-refractivity contribution in [2.75, 3.05) is 42.0 Å². The molecule has 3 aromatic carbocycles. The maximum atomic E-state index is 14.1. The van der Waals surface area contributed by atoms with Crippen LogP contribution in [-0.4, -0.2) is 64.6 Å². The maximum absolute atomic E-state index is 14.1. The van der Waals surface area contributed by atoms with Crippen LogP contribution in [0, 0.1) is 0 Å². The van der Waals surface area contributed by atoms with Crippen LogP contribution in [0.1, 0.15) is 36.5 Å². The topological polar surface area (TPSA) is 79.4 Å². The van der Waals surface area contributed by atoms with Gasteiger partial charge in [0.25, 0.3) is 10.0 Å². The second-order valence-electron chi connectivity index (χ2n) is 11.1. The van der Waals surface area contributed by atoms with E-state index in [2.05, 4.69) is 4.74 Å². The van der Waals surface area contributed by atoms with Crippen LogP contribution < -0.4 is 13.9 Å². The van der Waals surface area contributed by atoms with Gasteiger partial charge in [0.2, 0.25) is 0 Å². The molecular formula is C32H30ClF6N3O5S. The predicted molar refractivity (Wildman–Crippen MR) is 168 cm³/mol. The summed E-state index contributed by atoms with van der Waals surface area (Å²) in [6, 6.07) is 11.5. The first-order valence-electron chi connectivity index (χ1n) is 14.8. The smallest absolute Gasteiger partial charge is 0.449 e. The van der Waals surface area contributed by atoms with Crippen molar-refractivity contribution in [2.45, 2.75) is 43.2 Å². The molecule has 2 aliphatic heterocycles. The highest BCUT2D eigenvalue weighted by molar-refractivity contribution is 7.92. The molecule has 0 spiro atoms. The Kier molecular flexibility index (Phi) is 10.1. The average molecular weight is 718 g/mol. The van der Waals surface area contributed by atoms with Gasteiger partial charge in [-0.25, -0.2) is 13.2 Å². The molecule has 0 N–H and O–H groups in total. The summed E-state index contributed by atoms with van der Waals surface area (Å²) in [6.45, 7) is 2.67. The molecule has 1 atom stereocenters. The molecule has 0 aliphatic carbocycles. The molecule has 258 valence electrons. The molecule has 0 bridgehead atoms. The zero-order valence-corrected chi connectivity index (χ0v) is 27.0. The number of halogens is 7. The highest BCUT2D eigenvalue weighted by Crippen LogP contribution is 2.42. The zero-order valence-electron chi connectivity index (χ0n) is 25.4. The number of hydrogen-bond donors (Lipinski definition) is 0. The number of rotatable bonds is 8. The van der Waals surface area contributed by atoms with Gasteiger partial charge in [-0.05, 0) is 48.4 Å². The van der Waals surface area contributed by atoms with Gasteiger partial charge in [-0.1, -0.05) is 55.3 Å². The largest absolute Gasteiger partial charge is 0.573 e. The number of ether oxygens (including phenoxy) is 2. The number of anilines is 2. The van der Waals surface area contributed by atoms with E-state index in [1.54, 1.807) is 12.1 Å². The maximum Gasteiger partial charge on any atom is 0.573 e. The molecule has 1 saturated heterocycles. The molecule has 2 aliphatic rings. The quantitative estimate of drug-likeness (QED) is 0.133. The van der Waals surface area contributed by atoms with Gasteiger partial charge in [-0.2, -0.15) is 13.2 Å². The van der Waals surface area contributed by atoms with Crippen LogP contribution in [0.15, 0.2) is 65.6 Å². The summed E-state index contributed by atoms with van der Waals surface area (Å²) in [6.07, 6.45) is -6.26. The summed E-state index contributed by atoms with van der Waals surface area (Å²) in [5.74, 6) is -0.738. The predicted octanol–water partition coefficient (Wildman–Crippen LogP) is 8.06. The normalized spacial score (nSPS) is 16.9. The molecule has 3 aromatic rings. The van der Waals surface area contributed by atoms with Crippen molar-refractivity contribution in [3.63, 3.8) is 0 Å². The third-order valence-corrected chi connectivity index (χ3v) is 9.95. The van der Waals surface area contributed by atoms with E-state index in [0.29, 0.717) is 24.2 Å². The van der Waals surface area contributed by atoms with Crippen molar-refractivity contribution < 1.29 is 49.0 Å². The molecule has 48 heavy (non-hydrogen) atoms. The number of carbonyl (C=O) groups excluding carboxylic acids is 1. The third-order valence-electron chi connectivity index (χ3n) is 7.85. The standard InChI is InChI=1S/C32H30ClF6N3O5S/c1-2-3-16-46-30(43)40-14-15-41-22(19-40)20-42(48(44,45)24-7-4-6-23(18-24)47-32(37,38)39)29-17-21(11-13-28(29)41)10-12-25-26(31(34,35)36)8-5-9-27(25)33/h4-13,17-18,22H,2-3,14-16,19-20H2,1H3/b12-10+/t22-/m0/s1. The minimum absolute atomic E-state index is 0.0992. The van der Waals surface area contributed by atoms with Crippen LogP contribution in [0.5, 0.6) is 5.75 Å². The third kappa shape index (κ3) is 7.78. The molecule has 1 amide bonds. The lowest BCUT2D eigenvalue weighted by molar-refractivity contribution is -0.274. The summed E-state index contributed by atoms with van der Waals surface area (Å²) in [5, 5.41) is -0.141. The Bertz CT molecular complexity index is 1800. The molecular weight excluding hydrogens is 688 g/mol.